The van der Waals surface area contributed by atoms with Crippen LogP contribution in [0.3, 0.4) is 0 Å². The van der Waals surface area contributed by atoms with Gasteiger partial charge in [-0.2, -0.15) is 10.1 Å². The van der Waals surface area contributed by atoms with E-state index in [1.165, 1.54) is 11.3 Å². The standard InChI is InChI=1S/C19H24N4O3S/c1-5-26-14-6-7-16-17(12-14)27-19(22(16)10-11-25-4)20-18(24)15-8-9-23(21-15)13(2)3/h6-9,12-13H,5,10-11H2,1-4H3. The normalized spacial score (nSPS) is 12.3. The molecule has 0 saturated heterocycles. The van der Waals surface area contributed by atoms with Crippen LogP contribution in [0.25, 0.3) is 10.2 Å². The molecule has 144 valence electrons. The van der Waals surface area contributed by atoms with E-state index in [1.807, 2.05) is 43.5 Å². The number of hydrogen-bond acceptors (Lipinski definition) is 5. The smallest absolute Gasteiger partial charge is 0.300 e. The number of aromatic nitrogens is 3. The van der Waals surface area contributed by atoms with Gasteiger partial charge in [-0.15, -0.1) is 0 Å². The Morgan fingerprint density at radius 1 is 1.33 bits per heavy atom. The molecule has 0 unspecified atom stereocenters. The highest BCUT2D eigenvalue weighted by Crippen LogP contribution is 2.23. The Morgan fingerprint density at radius 3 is 2.81 bits per heavy atom. The van der Waals surface area contributed by atoms with Crippen molar-refractivity contribution in [3.63, 3.8) is 0 Å². The summed E-state index contributed by atoms with van der Waals surface area (Å²) < 4.78 is 15.6. The SMILES string of the molecule is CCOc1ccc2c(c1)sc(=NC(=O)c1ccn(C(C)C)n1)n2CCOC. The lowest BCUT2D eigenvalue weighted by Crippen LogP contribution is -2.19. The van der Waals surface area contributed by atoms with E-state index in [0.29, 0.717) is 30.3 Å². The van der Waals surface area contributed by atoms with E-state index in [9.17, 15) is 4.79 Å². The molecule has 0 bridgehead atoms. The zero-order valence-corrected chi connectivity index (χ0v) is 16.8. The summed E-state index contributed by atoms with van der Waals surface area (Å²) in [6.45, 7) is 7.72. The van der Waals surface area contributed by atoms with Crippen molar-refractivity contribution in [3.8, 4) is 5.75 Å². The lowest BCUT2D eigenvalue weighted by atomic mass is 10.3. The number of ether oxygens (including phenoxy) is 2. The van der Waals surface area contributed by atoms with Crippen molar-refractivity contribution in [3.05, 3.63) is 41.0 Å². The van der Waals surface area contributed by atoms with Crippen LogP contribution >= 0.6 is 11.3 Å². The highest BCUT2D eigenvalue weighted by Gasteiger charge is 2.13. The van der Waals surface area contributed by atoms with Gasteiger partial charge in [0.2, 0.25) is 0 Å². The van der Waals surface area contributed by atoms with E-state index in [1.54, 1.807) is 24.1 Å². The van der Waals surface area contributed by atoms with E-state index in [2.05, 4.69) is 10.1 Å². The van der Waals surface area contributed by atoms with Crippen molar-refractivity contribution in [2.45, 2.75) is 33.4 Å². The number of benzene rings is 1. The summed E-state index contributed by atoms with van der Waals surface area (Å²) in [7, 11) is 1.66. The molecule has 3 rings (SSSR count). The molecular weight excluding hydrogens is 364 g/mol. The fourth-order valence-electron chi connectivity index (χ4n) is 2.68. The third-order valence-corrected chi connectivity index (χ3v) is 5.08. The Balaban J connectivity index is 2.04. The molecular formula is C19H24N4O3S. The third-order valence-electron chi connectivity index (χ3n) is 4.04. The lowest BCUT2D eigenvalue weighted by molar-refractivity contribution is 0.0991. The molecule has 2 aromatic heterocycles. The molecule has 0 spiro atoms. The fraction of sp³-hybridized carbons (Fsp3) is 0.421. The van der Waals surface area contributed by atoms with E-state index >= 15 is 0 Å². The molecule has 0 saturated carbocycles. The summed E-state index contributed by atoms with van der Waals surface area (Å²) in [5.74, 6) is 0.454. The minimum Gasteiger partial charge on any atom is -0.494 e. The zero-order chi connectivity index (χ0) is 19.4. The van der Waals surface area contributed by atoms with Crippen molar-refractivity contribution in [2.75, 3.05) is 20.3 Å². The molecule has 0 radical (unpaired) electrons. The fourth-order valence-corrected chi connectivity index (χ4v) is 3.76. The van der Waals surface area contributed by atoms with Crippen LogP contribution in [0.5, 0.6) is 5.75 Å². The molecule has 3 aromatic rings. The minimum absolute atomic E-state index is 0.194. The number of rotatable bonds is 7. The Bertz CT molecular complexity index is 1000. The van der Waals surface area contributed by atoms with Gasteiger partial charge < -0.3 is 14.0 Å². The molecule has 0 atom stereocenters. The van der Waals surface area contributed by atoms with Crippen molar-refractivity contribution in [2.24, 2.45) is 4.99 Å². The van der Waals surface area contributed by atoms with Crippen molar-refractivity contribution >= 4 is 27.5 Å². The monoisotopic (exact) mass is 388 g/mol. The topological polar surface area (TPSA) is 70.6 Å². The Kier molecular flexibility index (Phi) is 6.08. The quantitative estimate of drug-likeness (QED) is 0.623. The molecule has 0 aliphatic heterocycles. The van der Waals surface area contributed by atoms with Gasteiger partial charge in [-0.25, -0.2) is 0 Å². The van der Waals surface area contributed by atoms with Gasteiger partial charge in [0.25, 0.3) is 5.91 Å². The van der Waals surface area contributed by atoms with Crippen LogP contribution in [0.2, 0.25) is 0 Å². The summed E-state index contributed by atoms with van der Waals surface area (Å²) in [4.78, 5) is 17.6. The van der Waals surface area contributed by atoms with Crippen LogP contribution in [-0.4, -0.2) is 40.6 Å². The van der Waals surface area contributed by atoms with Gasteiger partial charge in [-0.1, -0.05) is 11.3 Å². The number of thiazole rings is 1. The Labute approximate surface area is 161 Å². The van der Waals surface area contributed by atoms with Gasteiger partial charge in [-0.3, -0.25) is 9.48 Å². The molecule has 2 heterocycles. The minimum atomic E-state index is -0.350. The maximum Gasteiger partial charge on any atom is 0.300 e. The van der Waals surface area contributed by atoms with Crippen LogP contribution in [0.4, 0.5) is 0 Å². The van der Waals surface area contributed by atoms with E-state index in [4.69, 9.17) is 9.47 Å². The summed E-state index contributed by atoms with van der Waals surface area (Å²) in [6, 6.07) is 7.79. The largest absolute Gasteiger partial charge is 0.494 e. The van der Waals surface area contributed by atoms with Crippen molar-refractivity contribution in [1.29, 1.82) is 0 Å². The predicted molar refractivity (Wildman–Crippen MR) is 105 cm³/mol. The summed E-state index contributed by atoms with van der Waals surface area (Å²) in [6.07, 6.45) is 1.80. The van der Waals surface area contributed by atoms with E-state index in [-0.39, 0.29) is 11.9 Å². The molecule has 1 aromatic carbocycles. The molecule has 1 amide bonds. The number of hydrogen-bond donors (Lipinski definition) is 0. The number of methoxy groups -OCH3 is 1. The van der Waals surface area contributed by atoms with Crippen LogP contribution in [-0.2, 0) is 11.3 Å². The molecule has 7 nitrogen and oxygen atoms in total. The Morgan fingerprint density at radius 2 is 2.15 bits per heavy atom. The van der Waals surface area contributed by atoms with Gasteiger partial charge >= 0.3 is 0 Å². The van der Waals surface area contributed by atoms with Gasteiger partial charge in [0, 0.05) is 25.9 Å². The van der Waals surface area contributed by atoms with Crippen molar-refractivity contribution < 1.29 is 14.3 Å². The number of fused-ring (bicyclic) bond motifs is 1. The van der Waals surface area contributed by atoms with Crippen LogP contribution in [0.15, 0.2) is 35.5 Å². The average Bonchev–Trinajstić information content (AvgIpc) is 3.25. The second kappa shape index (κ2) is 8.49. The first-order valence-electron chi connectivity index (χ1n) is 8.92. The lowest BCUT2D eigenvalue weighted by Gasteiger charge is -2.05. The predicted octanol–water partition coefficient (Wildman–Crippen LogP) is 3.27. The molecule has 8 heteroatoms. The van der Waals surface area contributed by atoms with Crippen LogP contribution in [0, 0.1) is 0 Å². The molecule has 0 aliphatic carbocycles. The number of amides is 1. The summed E-state index contributed by atoms with van der Waals surface area (Å²) in [5, 5.41) is 4.31. The number of nitrogens with zero attached hydrogens (tertiary/aromatic N) is 4. The first-order valence-corrected chi connectivity index (χ1v) is 9.74. The highest BCUT2D eigenvalue weighted by atomic mass is 32.1. The average molecular weight is 388 g/mol. The maximum atomic E-state index is 12.6. The van der Waals surface area contributed by atoms with Gasteiger partial charge in [0.1, 0.15) is 5.75 Å². The first kappa shape index (κ1) is 19.3. The summed E-state index contributed by atoms with van der Waals surface area (Å²) in [5.41, 5.74) is 1.34. The van der Waals surface area contributed by atoms with Crippen LogP contribution in [0.1, 0.15) is 37.3 Å². The van der Waals surface area contributed by atoms with Gasteiger partial charge in [0.05, 0.1) is 23.4 Å². The highest BCUT2D eigenvalue weighted by molar-refractivity contribution is 7.16. The van der Waals surface area contributed by atoms with Crippen molar-refractivity contribution in [1.82, 2.24) is 14.3 Å². The molecule has 0 fully saturated rings. The Hall–Kier alpha value is -2.45. The zero-order valence-electron chi connectivity index (χ0n) is 16.0. The molecule has 0 N–H and O–H groups in total. The number of carbonyl (C=O) groups excluding carboxylic acids is 1. The molecule has 0 aliphatic rings. The van der Waals surface area contributed by atoms with Gasteiger partial charge in [-0.05, 0) is 45.0 Å². The van der Waals surface area contributed by atoms with Crippen LogP contribution < -0.4 is 9.54 Å². The maximum absolute atomic E-state index is 12.6. The molecule has 27 heavy (non-hydrogen) atoms. The van der Waals surface area contributed by atoms with E-state index in [0.717, 1.165) is 16.0 Å². The summed E-state index contributed by atoms with van der Waals surface area (Å²) >= 11 is 1.46. The second-order valence-corrected chi connectivity index (χ2v) is 7.29. The van der Waals surface area contributed by atoms with Gasteiger partial charge in [0.15, 0.2) is 10.5 Å². The van der Waals surface area contributed by atoms with E-state index < -0.39 is 0 Å². The second-order valence-electron chi connectivity index (χ2n) is 6.28. The third kappa shape index (κ3) is 4.28. The number of carbonyl (C=O) groups is 1. The first-order chi connectivity index (χ1) is 13.0.